The molecule has 1 aliphatic carbocycles. The largest absolute Gasteiger partial charge is 0.343 e. The van der Waals surface area contributed by atoms with Crippen LogP contribution in [-0.4, -0.2) is 21.0 Å². The predicted molar refractivity (Wildman–Crippen MR) is 116 cm³/mol. The SMILES string of the molecule is CCC(C)Sc1nc2c(c(=O)[nH]1)C(c1ccccc1Br)C1=C(CCCC1=O)N2. The highest BCUT2D eigenvalue weighted by Crippen LogP contribution is 2.45. The Morgan fingerprint density at radius 1 is 1.29 bits per heavy atom. The van der Waals surface area contributed by atoms with Gasteiger partial charge in [-0.3, -0.25) is 9.59 Å². The molecule has 146 valence electrons. The van der Waals surface area contributed by atoms with Crippen LogP contribution in [0.2, 0.25) is 0 Å². The standard InChI is InChI=1S/C21H22BrN3O2S/c1-3-11(2)28-21-24-19-18(20(27)25-21)16(12-7-4-5-8-13(12)22)17-14(23-19)9-6-10-15(17)26/h4-5,7-8,11,16H,3,6,9-10H2,1-2H3,(H2,23,24,25,27). The number of hydrogen-bond donors (Lipinski definition) is 2. The number of allylic oxidation sites excluding steroid dienone is 2. The highest BCUT2D eigenvalue weighted by atomic mass is 79.9. The van der Waals surface area contributed by atoms with E-state index in [1.54, 1.807) is 11.8 Å². The molecule has 0 saturated heterocycles. The fraction of sp³-hybridized carbons (Fsp3) is 0.381. The molecule has 0 bridgehead atoms. The van der Waals surface area contributed by atoms with Gasteiger partial charge in [-0.25, -0.2) is 4.98 Å². The van der Waals surface area contributed by atoms with Gasteiger partial charge in [-0.15, -0.1) is 0 Å². The zero-order valence-electron chi connectivity index (χ0n) is 15.8. The highest BCUT2D eigenvalue weighted by Gasteiger charge is 2.38. The van der Waals surface area contributed by atoms with Gasteiger partial charge in [0.25, 0.3) is 5.56 Å². The minimum absolute atomic E-state index is 0.109. The van der Waals surface area contributed by atoms with E-state index in [9.17, 15) is 9.59 Å². The maximum atomic E-state index is 13.1. The number of carbonyl (C=O) groups excluding carboxylic acids is 1. The van der Waals surface area contributed by atoms with E-state index in [0.717, 1.165) is 35.0 Å². The molecule has 2 N–H and O–H groups in total. The first-order chi connectivity index (χ1) is 13.5. The van der Waals surface area contributed by atoms with Gasteiger partial charge >= 0.3 is 0 Å². The van der Waals surface area contributed by atoms with E-state index in [1.807, 2.05) is 24.3 Å². The number of nitrogens with zero attached hydrogens (tertiary/aromatic N) is 1. The monoisotopic (exact) mass is 459 g/mol. The molecule has 4 rings (SSSR count). The molecule has 7 heteroatoms. The fourth-order valence-corrected chi connectivity index (χ4v) is 5.15. The summed E-state index contributed by atoms with van der Waals surface area (Å²) in [4.78, 5) is 33.6. The molecule has 0 fully saturated rings. The number of aromatic amines is 1. The summed E-state index contributed by atoms with van der Waals surface area (Å²) in [5.74, 6) is 0.273. The van der Waals surface area contributed by atoms with Gasteiger partial charge in [0.1, 0.15) is 5.82 Å². The first kappa shape index (κ1) is 19.5. The third kappa shape index (κ3) is 3.46. The van der Waals surface area contributed by atoms with Gasteiger partial charge in [0.05, 0.1) is 5.56 Å². The fourth-order valence-electron chi connectivity index (χ4n) is 3.79. The third-order valence-corrected chi connectivity index (χ3v) is 7.21. The molecule has 2 aliphatic rings. The highest BCUT2D eigenvalue weighted by molar-refractivity contribution is 9.10. The van der Waals surface area contributed by atoms with Crippen LogP contribution < -0.4 is 10.9 Å². The van der Waals surface area contributed by atoms with Crippen molar-refractivity contribution in [3.8, 4) is 0 Å². The molecule has 2 heterocycles. The normalized spacial score (nSPS) is 19.7. The van der Waals surface area contributed by atoms with Crippen LogP contribution in [-0.2, 0) is 4.79 Å². The summed E-state index contributed by atoms with van der Waals surface area (Å²) in [5.41, 5.74) is 2.87. The minimum atomic E-state index is -0.409. The smallest absolute Gasteiger partial charge is 0.257 e. The molecular formula is C21H22BrN3O2S. The van der Waals surface area contributed by atoms with E-state index in [-0.39, 0.29) is 11.3 Å². The van der Waals surface area contributed by atoms with E-state index in [0.29, 0.717) is 33.8 Å². The number of thioether (sulfide) groups is 1. The Morgan fingerprint density at radius 2 is 2.07 bits per heavy atom. The summed E-state index contributed by atoms with van der Waals surface area (Å²) in [5, 5.41) is 4.29. The lowest BCUT2D eigenvalue weighted by molar-refractivity contribution is -0.116. The van der Waals surface area contributed by atoms with Crippen LogP contribution in [0.1, 0.15) is 56.6 Å². The number of fused-ring (bicyclic) bond motifs is 1. The van der Waals surface area contributed by atoms with Crippen molar-refractivity contribution in [2.24, 2.45) is 0 Å². The minimum Gasteiger partial charge on any atom is -0.343 e. The molecule has 2 atom stereocenters. The molecule has 1 aromatic carbocycles. The van der Waals surface area contributed by atoms with Crippen molar-refractivity contribution in [1.29, 1.82) is 0 Å². The topological polar surface area (TPSA) is 74.8 Å². The van der Waals surface area contributed by atoms with Crippen molar-refractivity contribution in [3.63, 3.8) is 0 Å². The second kappa shape index (κ2) is 7.87. The van der Waals surface area contributed by atoms with Crippen molar-refractivity contribution in [2.45, 2.75) is 55.9 Å². The molecule has 2 aromatic rings. The lowest BCUT2D eigenvalue weighted by atomic mass is 9.76. The van der Waals surface area contributed by atoms with Gasteiger partial charge in [0.2, 0.25) is 0 Å². The van der Waals surface area contributed by atoms with E-state index < -0.39 is 5.92 Å². The molecule has 0 radical (unpaired) electrons. The van der Waals surface area contributed by atoms with Crippen LogP contribution in [0.5, 0.6) is 0 Å². The first-order valence-electron chi connectivity index (χ1n) is 9.58. The Bertz CT molecular complexity index is 1030. The number of carbonyl (C=O) groups is 1. The Balaban J connectivity index is 1.91. The lowest BCUT2D eigenvalue weighted by Gasteiger charge is -2.33. The number of nitrogens with one attached hydrogen (secondary N) is 2. The van der Waals surface area contributed by atoms with Crippen LogP contribution in [0.25, 0.3) is 0 Å². The summed E-state index contributed by atoms with van der Waals surface area (Å²) in [6.45, 7) is 4.22. The van der Waals surface area contributed by atoms with Gasteiger partial charge in [-0.05, 0) is 30.9 Å². The van der Waals surface area contributed by atoms with Crippen LogP contribution in [0, 0.1) is 0 Å². The molecule has 2 unspecified atom stereocenters. The molecule has 1 aromatic heterocycles. The molecule has 5 nitrogen and oxygen atoms in total. The molecule has 0 spiro atoms. The Morgan fingerprint density at radius 3 is 2.82 bits per heavy atom. The zero-order chi connectivity index (χ0) is 19.8. The summed E-state index contributed by atoms with van der Waals surface area (Å²) in [6, 6.07) is 7.78. The number of Topliss-reactive ketones (excluding diaryl/α,β-unsaturated/α-hetero) is 1. The Hall–Kier alpha value is -1.86. The molecule has 0 saturated carbocycles. The quantitative estimate of drug-likeness (QED) is 0.497. The number of hydrogen-bond acceptors (Lipinski definition) is 5. The summed E-state index contributed by atoms with van der Waals surface area (Å²) >= 11 is 5.17. The van der Waals surface area contributed by atoms with Gasteiger partial charge in [-0.2, -0.15) is 0 Å². The van der Waals surface area contributed by atoms with E-state index in [2.05, 4.69) is 40.1 Å². The Kier molecular flexibility index (Phi) is 5.47. The Labute approximate surface area is 176 Å². The van der Waals surface area contributed by atoms with Gasteiger partial charge in [-0.1, -0.05) is 59.7 Å². The number of rotatable bonds is 4. The zero-order valence-corrected chi connectivity index (χ0v) is 18.2. The number of H-pyrrole nitrogens is 1. The number of benzene rings is 1. The maximum Gasteiger partial charge on any atom is 0.257 e. The maximum absolute atomic E-state index is 13.1. The van der Waals surface area contributed by atoms with E-state index in [1.165, 1.54) is 0 Å². The second-order valence-electron chi connectivity index (χ2n) is 7.22. The molecular weight excluding hydrogens is 438 g/mol. The molecule has 28 heavy (non-hydrogen) atoms. The lowest BCUT2D eigenvalue weighted by Crippen LogP contribution is -2.33. The van der Waals surface area contributed by atoms with Gasteiger partial charge in [0.15, 0.2) is 10.9 Å². The van der Waals surface area contributed by atoms with Crippen LogP contribution >= 0.6 is 27.7 Å². The second-order valence-corrected chi connectivity index (χ2v) is 9.50. The van der Waals surface area contributed by atoms with Crippen molar-refractivity contribution in [1.82, 2.24) is 9.97 Å². The van der Waals surface area contributed by atoms with Crippen LogP contribution in [0.3, 0.4) is 0 Å². The molecule has 1 aliphatic heterocycles. The van der Waals surface area contributed by atoms with Crippen molar-refractivity contribution in [3.05, 3.63) is 61.5 Å². The number of anilines is 1. The molecule has 0 amide bonds. The van der Waals surface area contributed by atoms with Crippen molar-refractivity contribution in [2.75, 3.05) is 5.32 Å². The van der Waals surface area contributed by atoms with Crippen molar-refractivity contribution < 1.29 is 4.79 Å². The third-order valence-electron chi connectivity index (χ3n) is 5.34. The van der Waals surface area contributed by atoms with Crippen molar-refractivity contribution >= 4 is 39.3 Å². The van der Waals surface area contributed by atoms with Crippen LogP contribution in [0.4, 0.5) is 5.82 Å². The number of aromatic nitrogens is 2. The summed E-state index contributed by atoms with van der Waals surface area (Å²) in [6.07, 6.45) is 3.12. The predicted octanol–water partition coefficient (Wildman–Crippen LogP) is 4.99. The van der Waals surface area contributed by atoms with E-state index >= 15 is 0 Å². The summed E-state index contributed by atoms with van der Waals surface area (Å²) < 4.78 is 0.885. The van der Waals surface area contributed by atoms with E-state index in [4.69, 9.17) is 4.98 Å². The first-order valence-corrected chi connectivity index (χ1v) is 11.3. The van der Waals surface area contributed by atoms with Gasteiger partial charge in [0, 0.05) is 33.3 Å². The number of ketones is 1. The number of halogens is 1. The van der Waals surface area contributed by atoms with Gasteiger partial charge < -0.3 is 10.3 Å². The average molecular weight is 460 g/mol. The van der Waals surface area contributed by atoms with Crippen LogP contribution in [0.15, 0.2) is 50.0 Å². The average Bonchev–Trinajstić information content (AvgIpc) is 2.67. The summed E-state index contributed by atoms with van der Waals surface area (Å²) in [7, 11) is 0.